The van der Waals surface area contributed by atoms with E-state index in [9.17, 15) is 30.3 Å². The molecule has 0 bridgehead atoms. The predicted octanol–water partition coefficient (Wildman–Crippen LogP) is -2.88. The maximum absolute atomic E-state index is 10.8. The summed E-state index contributed by atoms with van der Waals surface area (Å²) in [6.45, 7) is 0. The Morgan fingerprint density at radius 2 is 1.65 bits per heavy atom. The maximum atomic E-state index is 10.8. The van der Waals surface area contributed by atoms with Crippen LogP contribution in [0.2, 0.25) is 0 Å². The summed E-state index contributed by atoms with van der Waals surface area (Å²) in [5, 5.41) is 53.3. The van der Waals surface area contributed by atoms with Crippen LogP contribution in [0.25, 0.3) is 5.95 Å². The summed E-state index contributed by atoms with van der Waals surface area (Å²) in [7, 11) is 0. The molecule has 2 rings (SSSR count). The third kappa shape index (κ3) is 1.57. The van der Waals surface area contributed by atoms with E-state index in [1.807, 2.05) is 5.21 Å². The molecular formula is C3HN11O6. The molecule has 17 nitrogen and oxygen atoms in total. The Bertz CT molecular complexity index is 636. The first-order valence-electron chi connectivity index (χ1n) is 4.38. The van der Waals surface area contributed by atoms with Gasteiger partial charge in [-0.3, -0.25) is 30.3 Å². The fourth-order valence-electron chi connectivity index (χ4n) is 1.12. The number of nitrogens with one attached hydrogen (secondary N) is 1. The van der Waals surface area contributed by atoms with E-state index in [1.165, 1.54) is 0 Å². The van der Waals surface area contributed by atoms with Crippen LogP contribution in [0.5, 0.6) is 0 Å². The van der Waals surface area contributed by atoms with Gasteiger partial charge in [-0.15, -0.1) is 10.2 Å². The van der Waals surface area contributed by atoms with Crippen molar-refractivity contribution in [2.45, 2.75) is 5.79 Å². The quantitative estimate of drug-likeness (QED) is 0.332. The molecular weight excluding hydrogens is 286 g/mol. The molecule has 20 heavy (non-hydrogen) atoms. The molecule has 17 heteroatoms. The van der Waals surface area contributed by atoms with Crippen LogP contribution in [0, 0.1) is 30.3 Å². The second kappa shape index (κ2) is 4.22. The molecule has 2 aromatic rings. The standard InChI is InChI=1S/C3HN11O6/c15-12(16)3(13(17)18,14(19)20)1-4-10-11(7-1)2-5-8-9-6-2/h(H,5,6,8,9). The van der Waals surface area contributed by atoms with E-state index in [-0.39, 0.29) is 5.95 Å². The van der Waals surface area contributed by atoms with E-state index in [1.54, 1.807) is 0 Å². The summed E-state index contributed by atoms with van der Waals surface area (Å²) in [6, 6.07) is 0. The van der Waals surface area contributed by atoms with Crippen molar-refractivity contribution in [2.75, 3.05) is 0 Å². The average molecular weight is 287 g/mol. The second-order valence-electron chi connectivity index (χ2n) is 3.02. The van der Waals surface area contributed by atoms with Gasteiger partial charge in [0.1, 0.15) is 0 Å². The van der Waals surface area contributed by atoms with Crippen molar-refractivity contribution in [3.8, 4) is 5.95 Å². The molecule has 0 unspecified atom stereocenters. The number of rotatable bonds is 5. The SMILES string of the molecule is O=[N+]([O-])C(c1nnn(-c2nn[nH]n2)n1)([N+](=O)[O-])[N+](=O)[O-]. The fourth-order valence-corrected chi connectivity index (χ4v) is 1.12. The van der Waals surface area contributed by atoms with Gasteiger partial charge in [-0.2, -0.15) is 5.21 Å². The van der Waals surface area contributed by atoms with E-state index >= 15 is 0 Å². The number of tetrazole rings is 2. The van der Waals surface area contributed by atoms with E-state index in [2.05, 4.69) is 30.8 Å². The van der Waals surface area contributed by atoms with Crippen LogP contribution in [0.4, 0.5) is 0 Å². The van der Waals surface area contributed by atoms with Crippen LogP contribution in [-0.4, -0.2) is 55.6 Å². The lowest BCUT2D eigenvalue weighted by molar-refractivity contribution is -0.987. The first kappa shape index (κ1) is 12.8. The lowest BCUT2D eigenvalue weighted by Crippen LogP contribution is -2.51. The van der Waals surface area contributed by atoms with Crippen LogP contribution in [0.1, 0.15) is 5.82 Å². The molecule has 2 aromatic heterocycles. The second-order valence-corrected chi connectivity index (χ2v) is 3.02. The topological polar surface area (TPSA) is 227 Å². The summed E-state index contributed by atoms with van der Waals surface area (Å²) < 4.78 is 0. The van der Waals surface area contributed by atoms with Crippen molar-refractivity contribution in [2.24, 2.45) is 0 Å². The van der Waals surface area contributed by atoms with Crippen LogP contribution < -0.4 is 0 Å². The van der Waals surface area contributed by atoms with Gasteiger partial charge in [0.25, 0.3) is 0 Å². The highest BCUT2D eigenvalue weighted by molar-refractivity contribution is 4.97. The van der Waals surface area contributed by atoms with Gasteiger partial charge in [-0.05, 0) is 10.4 Å². The zero-order valence-corrected chi connectivity index (χ0v) is 8.92. The summed E-state index contributed by atoms with van der Waals surface area (Å²) in [6.07, 6.45) is 0. The molecule has 0 aliphatic rings. The Hall–Kier alpha value is -3.66. The fraction of sp³-hybridized carbons (Fsp3) is 0.333. The minimum Gasteiger partial charge on any atom is -0.252 e. The van der Waals surface area contributed by atoms with Crippen LogP contribution in [0.15, 0.2) is 0 Å². The Balaban J connectivity index is 2.59. The lowest BCUT2D eigenvalue weighted by Gasteiger charge is -2.03. The van der Waals surface area contributed by atoms with Crippen LogP contribution in [0.3, 0.4) is 0 Å². The lowest BCUT2D eigenvalue weighted by atomic mass is 10.3. The molecule has 0 fully saturated rings. The maximum Gasteiger partial charge on any atom is 0.766 e. The number of nitro groups is 3. The van der Waals surface area contributed by atoms with Crippen LogP contribution >= 0.6 is 0 Å². The van der Waals surface area contributed by atoms with Crippen molar-refractivity contribution in [3.63, 3.8) is 0 Å². The van der Waals surface area contributed by atoms with E-state index < -0.39 is 26.4 Å². The van der Waals surface area contributed by atoms with Gasteiger partial charge in [-0.25, -0.2) is 0 Å². The van der Waals surface area contributed by atoms with Crippen molar-refractivity contribution >= 4 is 0 Å². The van der Waals surface area contributed by atoms with Crippen molar-refractivity contribution in [1.29, 1.82) is 0 Å². The molecule has 0 aliphatic carbocycles. The molecule has 0 radical (unpaired) electrons. The Morgan fingerprint density at radius 3 is 2.10 bits per heavy atom. The van der Waals surface area contributed by atoms with Gasteiger partial charge in [0.2, 0.25) is 0 Å². The molecule has 0 saturated heterocycles. The number of hydrogen-bond donors (Lipinski definition) is 1. The highest BCUT2D eigenvalue weighted by Crippen LogP contribution is 2.22. The Morgan fingerprint density at radius 1 is 1.05 bits per heavy atom. The predicted molar refractivity (Wildman–Crippen MR) is 49.6 cm³/mol. The molecule has 0 atom stereocenters. The zero-order chi connectivity index (χ0) is 14.9. The number of aromatic amines is 1. The molecule has 2 heterocycles. The first-order chi connectivity index (χ1) is 9.40. The minimum atomic E-state index is -3.97. The molecule has 1 N–H and O–H groups in total. The van der Waals surface area contributed by atoms with Gasteiger partial charge >= 0.3 is 17.6 Å². The molecule has 0 aromatic carbocycles. The highest BCUT2D eigenvalue weighted by Gasteiger charge is 2.77. The molecule has 0 spiro atoms. The third-order valence-electron chi connectivity index (χ3n) is 1.99. The third-order valence-corrected chi connectivity index (χ3v) is 1.99. The highest BCUT2D eigenvalue weighted by atomic mass is 16.7. The summed E-state index contributed by atoms with van der Waals surface area (Å²) in [5.41, 5.74) is 0. The van der Waals surface area contributed by atoms with E-state index in [4.69, 9.17) is 0 Å². The number of aromatic nitrogens is 8. The van der Waals surface area contributed by atoms with E-state index in [0.29, 0.717) is 4.80 Å². The van der Waals surface area contributed by atoms with Crippen molar-refractivity contribution in [1.82, 2.24) is 40.8 Å². The minimum absolute atomic E-state index is 0.368. The summed E-state index contributed by atoms with van der Waals surface area (Å²) >= 11 is 0. The summed E-state index contributed by atoms with van der Waals surface area (Å²) in [5.74, 6) is -5.70. The molecule has 0 saturated carbocycles. The van der Waals surface area contributed by atoms with Gasteiger partial charge in [0.15, 0.2) is 14.8 Å². The number of H-pyrrole nitrogens is 1. The summed E-state index contributed by atoms with van der Waals surface area (Å²) in [4.78, 5) is 27.4. The van der Waals surface area contributed by atoms with Gasteiger partial charge in [0, 0.05) is 0 Å². The van der Waals surface area contributed by atoms with Gasteiger partial charge in [-0.1, -0.05) is 15.0 Å². The zero-order valence-electron chi connectivity index (χ0n) is 8.92. The molecule has 104 valence electrons. The van der Waals surface area contributed by atoms with Gasteiger partial charge in [0.05, 0.1) is 0 Å². The monoisotopic (exact) mass is 287 g/mol. The van der Waals surface area contributed by atoms with Crippen molar-refractivity contribution < 1.29 is 14.8 Å². The van der Waals surface area contributed by atoms with Crippen molar-refractivity contribution in [3.05, 3.63) is 36.2 Å². The number of hydrogen-bond acceptors (Lipinski definition) is 12. The number of nitrogens with zero attached hydrogens (tertiary/aromatic N) is 10. The normalized spacial score (nSPS) is 11.2. The molecule has 0 aliphatic heterocycles. The average Bonchev–Trinajstić information content (AvgIpc) is 2.97. The van der Waals surface area contributed by atoms with Gasteiger partial charge < -0.3 is 0 Å². The largest absolute Gasteiger partial charge is 0.766 e. The smallest absolute Gasteiger partial charge is 0.252 e. The Kier molecular flexibility index (Phi) is 2.70. The molecule has 0 amide bonds. The van der Waals surface area contributed by atoms with E-state index in [0.717, 1.165) is 0 Å². The van der Waals surface area contributed by atoms with Crippen LogP contribution in [-0.2, 0) is 5.79 Å². The Labute approximate surface area is 105 Å². The first-order valence-corrected chi connectivity index (χ1v) is 4.38.